The molecule has 1 atom stereocenters. The van der Waals surface area contributed by atoms with Gasteiger partial charge in [0.05, 0.1) is 11.9 Å². The molecule has 0 amide bonds. The van der Waals surface area contributed by atoms with Crippen LogP contribution in [-0.4, -0.2) is 16.5 Å². The van der Waals surface area contributed by atoms with E-state index in [-0.39, 0.29) is 0 Å². The quantitative estimate of drug-likeness (QED) is 0.848. The van der Waals surface area contributed by atoms with Gasteiger partial charge in [-0.05, 0) is 36.9 Å². The summed E-state index contributed by atoms with van der Waals surface area (Å²) in [5.41, 5.74) is 7.91. The van der Waals surface area contributed by atoms with Gasteiger partial charge >= 0.3 is 0 Å². The summed E-state index contributed by atoms with van der Waals surface area (Å²) >= 11 is 6.01. The molecule has 3 nitrogen and oxygen atoms in total. The average Bonchev–Trinajstić information content (AvgIpc) is 2.86. The van der Waals surface area contributed by atoms with Crippen molar-refractivity contribution in [2.45, 2.75) is 26.7 Å². The first-order chi connectivity index (χ1) is 9.58. The Morgan fingerprint density at radius 1 is 1.35 bits per heavy atom. The fourth-order valence-corrected chi connectivity index (χ4v) is 2.66. The number of rotatable bonds is 6. The van der Waals surface area contributed by atoms with E-state index < -0.39 is 0 Å². The molecule has 20 heavy (non-hydrogen) atoms. The monoisotopic (exact) mass is 291 g/mol. The van der Waals surface area contributed by atoms with Gasteiger partial charge in [-0.2, -0.15) is 0 Å². The predicted molar refractivity (Wildman–Crippen MR) is 84.7 cm³/mol. The van der Waals surface area contributed by atoms with Crippen molar-refractivity contribution >= 4 is 11.6 Å². The molecule has 1 unspecified atom stereocenters. The van der Waals surface area contributed by atoms with Crippen LogP contribution in [-0.2, 0) is 6.42 Å². The van der Waals surface area contributed by atoms with Gasteiger partial charge in [-0.15, -0.1) is 0 Å². The first kappa shape index (κ1) is 15.1. The minimum atomic E-state index is 0.480. The van der Waals surface area contributed by atoms with Crippen LogP contribution >= 0.6 is 11.6 Å². The number of imidazole rings is 1. The molecule has 1 aromatic carbocycles. The lowest BCUT2D eigenvalue weighted by Gasteiger charge is -2.15. The Hall–Kier alpha value is -1.32. The summed E-state index contributed by atoms with van der Waals surface area (Å²) in [5.74, 6) is 2.13. The van der Waals surface area contributed by atoms with E-state index >= 15 is 0 Å². The average molecular weight is 292 g/mol. The number of H-pyrrole nitrogens is 1. The summed E-state index contributed by atoms with van der Waals surface area (Å²) in [4.78, 5) is 7.83. The van der Waals surface area contributed by atoms with Crippen molar-refractivity contribution in [2.75, 3.05) is 6.54 Å². The zero-order valence-corrected chi connectivity index (χ0v) is 12.8. The third kappa shape index (κ3) is 4.09. The van der Waals surface area contributed by atoms with E-state index in [4.69, 9.17) is 17.3 Å². The lowest BCUT2D eigenvalue weighted by atomic mass is 9.94. The molecule has 0 aliphatic carbocycles. The van der Waals surface area contributed by atoms with Gasteiger partial charge in [0, 0.05) is 17.0 Å². The molecule has 0 bridgehead atoms. The SMILES string of the molecule is CC(C)CC(CN)Cc1ncc(-c2cccc(Cl)c2)[nH]1. The standard InChI is InChI=1S/C16H22ClN3/c1-11(2)6-12(9-18)7-16-19-10-15(20-16)13-4-3-5-14(17)8-13/h3-5,8,10-12H,6-7,9,18H2,1-2H3,(H,19,20). The maximum absolute atomic E-state index is 6.01. The number of benzene rings is 1. The number of aromatic nitrogens is 2. The molecule has 0 spiro atoms. The Balaban J connectivity index is 2.09. The van der Waals surface area contributed by atoms with Crippen molar-refractivity contribution in [3.8, 4) is 11.3 Å². The highest BCUT2D eigenvalue weighted by Gasteiger charge is 2.12. The van der Waals surface area contributed by atoms with E-state index in [1.54, 1.807) is 0 Å². The molecule has 0 saturated carbocycles. The molecular weight excluding hydrogens is 270 g/mol. The van der Waals surface area contributed by atoms with Crippen molar-refractivity contribution in [3.63, 3.8) is 0 Å². The van der Waals surface area contributed by atoms with Gasteiger partial charge in [0.2, 0.25) is 0 Å². The Kier molecular flexibility index (Phi) is 5.21. The summed E-state index contributed by atoms with van der Waals surface area (Å²) in [5, 5.41) is 0.735. The fourth-order valence-electron chi connectivity index (χ4n) is 2.47. The minimum absolute atomic E-state index is 0.480. The number of nitrogens with one attached hydrogen (secondary N) is 1. The van der Waals surface area contributed by atoms with Gasteiger partial charge in [-0.1, -0.05) is 37.6 Å². The fraction of sp³-hybridized carbons (Fsp3) is 0.438. The summed E-state index contributed by atoms with van der Waals surface area (Å²) in [6, 6.07) is 7.78. The van der Waals surface area contributed by atoms with Gasteiger partial charge in [0.25, 0.3) is 0 Å². The maximum atomic E-state index is 6.01. The van der Waals surface area contributed by atoms with Crippen molar-refractivity contribution in [1.82, 2.24) is 9.97 Å². The highest BCUT2D eigenvalue weighted by molar-refractivity contribution is 6.30. The van der Waals surface area contributed by atoms with Crippen LogP contribution in [0, 0.1) is 11.8 Å². The zero-order valence-electron chi connectivity index (χ0n) is 12.1. The van der Waals surface area contributed by atoms with Crippen LogP contribution < -0.4 is 5.73 Å². The van der Waals surface area contributed by atoms with Crippen molar-refractivity contribution in [3.05, 3.63) is 41.3 Å². The van der Waals surface area contributed by atoms with Crippen molar-refractivity contribution in [1.29, 1.82) is 0 Å². The van der Waals surface area contributed by atoms with Gasteiger partial charge in [-0.25, -0.2) is 4.98 Å². The third-order valence-corrected chi connectivity index (χ3v) is 3.62. The molecule has 1 aromatic heterocycles. The molecular formula is C16H22ClN3. The molecule has 108 valence electrons. The van der Waals surface area contributed by atoms with Crippen LogP contribution in [0.5, 0.6) is 0 Å². The topological polar surface area (TPSA) is 54.7 Å². The number of halogens is 1. The van der Waals surface area contributed by atoms with Crippen LogP contribution in [0.2, 0.25) is 5.02 Å². The van der Waals surface area contributed by atoms with Crippen LogP contribution in [0.15, 0.2) is 30.5 Å². The second-order valence-corrected chi connectivity index (χ2v) is 6.13. The lowest BCUT2D eigenvalue weighted by molar-refractivity contribution is 0.409. The van der Waals surface area contributed by atoms with Gasteiger partial charge in [-0.3, -0.25) is 0 Å². The normalized spacial score (nSPS) is 12.8. The molecule has 0 radical (unpaired) electrons. The zero-order chi connectivity index (χ0) is 14.5. The minimum Gasteiger partial charge on any atom is -0.342 e. The van der Waals surface area contributed by atoms with E-state index in [2.05, 4.69) is 23.8 Å². The summed E-state index contributed by atoms with van der Waals surface area (Å²) in [6.45, 7) is 5.15. The summed E-state index contributed by atoms with van der Waals surface area (Å²) < 4.78 is 0. The molecule has 1 heterocycles. The molecule has 0 aliphatic rings. The molecule has 0 aliphatic heterocycles. The van der Waals surface area contributed by atoms with Crippen molar-refractivity contribution < 1.29 is 0 Å². The van der Waals surface area contributed by atoms with E-state index in [0.717, 1.165) is 34.9 Å². The van der Waals surface area contributed by atoms with E-state index in [9.17, 15) is 0 Å². The predicted octanol–water partition coefficient (Wildman–Crippen LogP) is 3.89. The lowest BCUT2D eigenvalue weighted by Crippen LogP contribution is -2.19. The second-order valence-electron chi connectivity index (χ2n) is 5.69. The van der Waals surface area contributed by atoms with Gasteiger partial charge < -0.3 is 10.7 Å². The van der Waals surface area contributed by atoms with Gasteiger partial charge in [0.15, 0.2) is 0 Å². The molecule has 2 rings (SSSR count). The Morgan fingerprint density at radius 2 is 2.15 bits per heavy atom. The first-order valence-corrected chi connectivity index (χ1v) is 7.46. The van der Waals surface area contributed by atoms with Crippen LogP contribution in [0.25, 0.3) is 11.3 Å². The second kappa shape index (κ2) is 6.91. The molecule has 0 saturated heterocycles. The highest BCUT2D eigenvalue weighted by atomic mass is 35.5. The summed E-state index contributed by atoms with van der Waals surface area (Å²) in [6.07, 6.45) is 3.89. The number of hydrogen-bond acceptors (Lipinski definition) is 2. The van der Waals surface area contributed by atoms with Gasteiger partial charge in [0.1, 0.15) is 5.82 Å². The Morgan fingerprint density at radius 3 is 2.80 bits per heavy atom. The number of hydrogen-bond donors (Lipinski definition) is 2. The smallest absolute Gasteiger partial charge is 0.106 e. The first-order valence-electron chi connectivity index (χ1n) is 7.08. The Labute approximate surface area is 125 Å². The Bertz CT molecular complexity index is 548. The van der Waals surface area contributed by atoms with E-state index in [1.807, 2.05) is 30.5 Å². The largest absolute Gasteiger partial charge is 0.342 e. The third-order valence-electron chi connectivity index (χ3n) is 3.38. The van der Waals surface area contributed by atoms with Crippen LogP contribution in [0.4, 0.5) is 0 Å². The van der Waals surface area contributed by atoms with E-state index in [1.165, 1.54) is 0 Å². The van der Waals surface area contributed by atoms with E-state index in [0.29, 0.717) is 18.4 Å². The van der Waals surface area contributed by atoms with Crippen LogP contribution in [0.1, 0.15) is 26.1 Å². The molecule has 4 heteroatoms. The van der Waals surface area contributed by atoms with Crippen LogP contribution in [0.3, 0.4) is 0 Å². The summed E-state index contributed by atoms with van der Waals surface area (Å²) in [7, 11) is 0. The maximum Gasteiger partial charge on any atom is 0.106 e. The highest BCUT2D eigenvalue weighted by Crippen LogP contribution is 2.22. The van der Waals surface area contributed by atoms with Crippen molar-refractivity contribution in [2.24, 2.45) is 17.6 Å². The molecule has 2 aromatic rings. The number of aromatic amines is 1. The number of nitrogens with zero attached hydrogens (tertiary/aromatic N) is 1. The number of nitrogens with two attached hydrogens (primary N) is 1. The molecule has 3 N–H and O–H groups in total. The molecule has 0 fully saturated rings.